The Bertz CT molecular complexity index is 710. The van der Waals surface area contributed by atoms with Crippen molar-refractivity contribution in [3.05, 3.63) is 69.8 Å². The van der Waals surface area contributed by atoms with Gasteiger partial charge in [-0.1, -0.05) is 77.9 Å². The van der Waals surface area contributed by atoms with E-state index in [1.807, 2.05) is 0 Å². The van der Waals surface area contributed by atoms with Crippen molar-refractivity contribution in [2.24, 2.45) is 11.5 Å². The minimum absolute atomic E-state index is 0.497. The van der Waals surface area contributed by atoms with Gasteiger partial charge in [-0.25, -0.2) is 0 Å². The summed E-state index contributed by atoms with van der Waals surface area (Å²) in [5.41, 5.74) is 19.9. The van der Waals surface area contributed by atoms with Crippen molar-refractivity contribution < 1.29 is 0 Å². The Labute approximate surface area is 166 Å². The summed E-state index contributed by atoms with van der Waals surface area (Å²) in [6.45, 7) is 13.4. The van der Waals surface area contributed by atoms with Gasteiger partial charge in [-0.3, -0.25) is 0 Å². The quantitative estimate of drug-likeness (QED) is 0.567. The van der Waals surface area contributed by atoms with Crippen LogP contribution in [0, 0.1) is 0 Å². The van der Waals surface area contributed by atoms with Crippen molar-refractivity contribution >= 4 is 0 Å². The molecule has 0 aliphatic heterocycles. The molecule has 27 heavy (non-hydrogen) atoms. The minimum atomic E-state index is -0.985. The molecular formula is C25H38N2. The maximum absolute atomic E-state index is 6.81. The van der Waals surface area contributed by atoms with Crippen molar-refractivity contribution in [3.63, 3.8) is 0 Å². The highest BCUT2D eigenvalue weighted by atomic mass is 15.0. The molecule has 0 saturated carbocycles. The summed E-state index contributed by atoms with van der Waals surface area (Å²) < 4.78 is 0. The Morgan fingerprint density at radius 1 is 0.667 bits per heavy atom. The standard InChI is InChI=1S/C25H38N2/c1-7-17(5)21-14-22(18(6)8-2)16-24(15-21)25(26,27)23-12-19(9-3)11-20(10-4)13-23/h11-18H,7-10,26-27H2,1-6H3. The first-order valence-electron chi connectivity index (χ1n) is 10.6. The lowest BCUT2D eigenvalue weighted by atomic mass is 9.83. The Hall–Kier alpha value is -1.64. The van der Waals surface area contributed by atoms with E-state index in [1.165, 1.54) is 22.3 Å². The average Bonchev–Trinajstić information content (AvgIpc) is 2.71. The zero-order valence-electron chi connectivity index (χ0n) is 18.1. The van der Waals surface area contributed by atoms with Crippen LogP contribution in [0.2, 0.25) is 0 Å². The van der Waals surface area contributed by atoms with Gasteiger partial charge in [0.25, 0.3) is 0 Å². The van der Waals surface area contributed by atoms with Gasteiger partial charge in [0.1, 0.15) is 5.66 Å². The molecule has 0 fully saturated rings. The van der Waals surface area contributed by atoms with Crippen LogP contribution in [0.3, 0.4) is 0 Å². The zero-order chi connectivity index (χ0) is 20.2. The van der Waals surface area contributed by atoms with E-state index < -0.39 is 5.66 Å². The van der Waals surface area contributed by atoms with Crippen LogP contribution in [0.15, 0.2) is 36.4 Å². The number of rotatable bonds is 8. The van der Waals surface area contributed by atoms with Crippen LogP contribution in [0.25, 0.3) is 0 Å². The topological polar surface area (TPSA) is 52.0 Å². The first kappa shape index (κ1) is 21.7. The highest BCUT2D eigenvalue weighted by Gasteiger charge is 2.27. The Morgan fingerprint density at radius 2 is 1.07 bits per heavy atom. The van der Waals surface area contributed by atoms with Crippen LogP contribution >= 0.6 is 0 Å². The van der Waals surface area contributed by atoms with Gasteiger partial charge in [-0.05, 0) is 70.9 Å². The van der Waals surface area contributed by atoms with E-state index in [0.29, 0.717) is 11.8 Å². The second-order valence-electron chi connectivity index (χ2n) is 8.12. The summed E-state index contributed by atoms with van der Waals surface area (Å²) in [4.78, 5) is 0. The van der Waals surface area contributed by atoms with E-state index in [2.05, 4.69) is 77.9 Å². The third kappa shape index (κ3) is 4.80. The van der Waals surface area contributed by atoms with Crippen molar-refractivity contribution in [1.82, 2.24) is 0 Å². The van der Waals surface area contributed by atoms with Crippen molar-refractivity contribution in [3.8, 4) is 0 Å². The lowest BCUT2D eigenvalue weighted by Gasteiger charge is -2.29. The molecule has 2 atom stereocenters. The number of aryl methyl sites for hydroxylation is 2. The highest BCUT2D eigenvalue weighted by molar-refractivity contribution is 5.45. The van der Waals surface area contributed by atoms with Gasteiger partial charge in [0, 0.05) is 0 Å². The van der Waals surface area contributed by atoms with E-state index >= 15 is 0 Å². The van der Waals surface area contributed by atoms with Crippen molar-refractivity contribution in [2.75, 3.05) is 0 Å². The monoisotopic (exact) mass is 366 g/mol. The van der Waals surface area contributed by atoms with Crippen LogP contribution < -0.4 is 11.5 Å². The molecule has 0 aliphatic rings. The summed E-state index contributed by atoms with van der Waals surface area (Å²) >= 11 is 0. The molecule has 2 unspecified atom stereocenters. The molecule has 2 rings (SSSR count). The second-order valence-corrected chi connectivity index (χ2v) is 8.12. The van der Waals surface area contributed by atoms with Gasteiger partial charge >= 0.3 is 0 Å². The van der Waals surface area contributed by atoms with Gasteiger partial charge in [0.2, 0.25) is 0 Å². The average molecular weight is 367 g/mol. The number of nitrogens with two attached hydrogens (primary N) is 2. The normalized spacial score (nSPS) is 14.2. The lowest BCUT2D eigenvalue weighted by Crippen LogP contribution is -2.47. The molecule has 0 saturated heterocycles. The second kappa shape index (κ2) is 9.03. The number of hydrogen-bond acceptors (Lipinski definition) is 2. The number of hydrogen-bond donors (Lipinski definition) is 2. The van der Waals surface area contributed by atoms with Crippen LogP contribution in [0.1, 0.15) is 99.6 Å². The molecule has 4 N–H and O–H groups in total. The predicted octanol–water partition coefficient (Wildman–Crippen LogP) is 5.96. The molecule has 2 nitrogen and oxygen atoms in total. The first-order valence-corrected chi connectivity index (χ1v) is 10.6. The fourth-order valence-corrected chi connectivity index (χ4v) is 3.53. The fourth-order valence-electron chi connectivity index (χ4n) is 3.53. The largest absolute Gasteiger partial charge is 0.306 e. The Morgan fingerprint density at radius 3 is 1.44 bits per heavy atom. The third-order valence-corrected chi connectivity index (χ3v) is 6.16. The summed E-state index contributed by atoms with van der Waals surface area (Å²) in [7, 11) is 0. The van der Waals surface area contributed by atoms with Gasteiger partial charge in [0.15, 0.2) is 0 Å². The van der Waals surface area contributed by atoms with Crippen molar-refractivity contribution in [1.29, 1.82) is 0 Å². The molecule has 0 spiro atoms. The van der Waals surface area contributed by atoms with Crippen LogP contribution in [0.4, 0.5) is 0 Å². The summed E-state index contributed by atoms with van der Waals surface area (Å²) in [6.07, 6.45) is 4.19. The first-order chi connectivity index (χ1) is 12.8. The van der Waals surface area contributed by atoms with Gasteiger partial charge in [-0.2, -0.15) is 0 Å². The molecule has 2 aromatic rings. The molecule has 0 bridgehead atoms. The summed E-state index contributed by atoms with van der Waals surface area (Å²) in [5, 5.41) is 0. The molecule has 2 heteroatoms. The molecule has 2 aromatic carbocycles. The molecule has 0 aromatic heterocycles. The maximum Gasteiger partial charge on any atom is 0.116 e. The number of benzene rings is 2. The van der Waals surface area contributed by atoms with E-state index in [-0.39, 0.29) is 0 Å². The minimum Gasteiger partial charge on any atom is -0.306 e. The molecule has 148 valence electrons. The molecule has 0 aliphatic carbocycles. The van der Waals surface area contributed by atoms with E-state index in [9.17, 15) is 0 Å². The van der Waals surface area contributed by atoms with Gasteiger partial charge in [0.05, 0.1) is 0 Å². The van der Waals surface area contributed by atoms with Gasteiger partial charge in [-0.15, -0.1) is 0 Å². The van der Waals surface area contributed by atoms with Crippen LogP contribution in [-0.2, 0) is 18.5 Å². The molecular weight excluding hydrogens is 328 g/mol. The highest BCUT2D eigenvalue weighted by Crippen LogP contribution is 2.32. The van der Waals surface area contributed by atoms with E-state index in [1.54, 1.807) is 0 Å². The Balaban J connectivity index is 2.63. The zero-order valence-corrected chi connectivity index (χ0v) is 18.1. The van der Waals surface area contributed by atoms with E-state index in [4.69, 9.17) is 11.5 Å². The summed E-state index contributed by atoms with van der Waals surface area (Å²) in [5.74, 6) is 0.994. The molecule has 0 radical (unpaired) electrons. The smallest absolute Gasteiger partial charge is 0.116 e. The third-order valence-electron chi connectivity index (χ3n) is 6.16. The van der Waals surface area contributed by atoms with Crippen LogP contribution in [-0.4, -0.2) is 0 Å². The lowest BCUT2D eigenvalue weighted by molar-refractivity contribution is 0.561. The van der Waals surface area contributed by atoms with Crippen LogP contribution in [0.5, 0.6) is 0 Å². The Kier molecular flexibility index (Phi) is 7.25. The fraction of sp³-hybridized carbons (Fsp3) is 0.520. The van der Waals surface area contributed by atoms with Crippen molar-refractivity contribution in [2.45, 2.75) is 84.7 Å². The van der Waals surface area contributed by atoms with E-state index in [0.717, 1.165) is 36.8 Å². The molecule has 0 heterocycles. The van der Waals surface area contributed by atoms with Gasteiger partial charge < -0.3 is 11.5 Å². The molecule has 0 amide bonds. The SMILES string of the molecule is CCc1cc(CC)cc(C(N)(N)c2cc(C(C)CC)cc(C(C)CC)c2)c1. The maximum atomic E-state index is 6.81. The predicted molar refractivity (Wildman–Crippen MR) is 118 cm³/mol. The summed E-state index contributed by atoms with van der Waals surface area (Å²) in [6, 6.07) is 13.4.